The number of hydrogen-bond donors (Lipinski definition) is 2. The number of benzene rings is 2. The number of nitrogens with zero attached hydrogens (tertiary/aromatic N) is 1. The highest BCUT2D eigenvalue weighted by Gasteiger charge is 2.17. The summed E-state index contributed by atoms with van der Waals surface area (Å²) in [5, 5.41) is 4.21. The van der Waals surface area contributed by atoms with E-state index >= 15 is 0 Å². The Bertz CT molecular complexity index is 1050. The summed E-state index contributed by atoms with van der Waals surface area (Å²) in [5.74, 6) is 0.964. The Hall–Kier alpha value is -2.79. The molecule has 1 aliphatic rings. The van der Waals surface area contributed by atoms with Crippen LogP contribution in [-0.2, 0) is 11.2 Å². The van der Waals surface area contributed by atoms with Crippen molar-refractivity contribution < 1.29 is 9.53 Å². The molecule has 176 valence electrons. The van der Waals surface area contributed by atoms with E-state index in [1.54, 1.807) is 0 Å². The van der Waals surface area contributed by atoms with Crippen LogP contribution in [0.4, 0.5) is 0 Å². The van der Waals surface area contributed by atoms with Gasteiger partial charge in [-0.25, -0.2) is 0 Å². The molecule has 2 N–H and O–H groups in total. The lowest BCUT2D eigenvalue weighted by Crippen LogP contribution is -2.39. The number of amides is 1. The largest absolute Gasteiger partial charge is 0.491 e. The van der Waals surface area contributed by atoms with Crippen molar-refractivity contribution in [3.05, 3.63) is 54.2 Å². The predicted octanol–water partition coefficient (Wildman–Crippen LogP) is 5.55. The topological polar surface area (TPSA) is 57.4 Å². The van der Waals surface area contributed by atoms with Crippen molar-refractivity contribution in [3.8, 4) is 16.9 Å². The average molecular weight is 448 g/mol. The lowest BCUT2D eigenvalue weighted by Gasteiger charge is -2.31. The number of likely N-dealkylation sites (N-methyl/N-ethyl adjacent to an activating group) is 1. The van der Waals surface area contributed by atoms with Crippen LogP contribution in [0.25, 0.3) is 22.0 Å². The van der Waals surface area contributed by atoms with Crippen LogP contribution in [0.3, 0.4) is 0 Å². The first kappa shape index (κ1) is 23.4. The summed E-state index contributed by atoms with van der Waals surface area (Å²) < 4.78 is 5.74. The lowest BCUT2D eigenvalue weighted by atomic mass is 9.94. The molecule has 0 radical (unpaired) electrons. The molecule has 0 saturated heterocycles. The Labute approximate surface area is 197 Å². The highest BCUT2D eigenvalue weighted by atomic mass is 16.5. The number of hydrogen-bond acceptors (Lipinski definition) is 3. The molecule has 1 aromatic heterocycles. The summed E-state index contributed by atoms with van der Waals surface area (Å²) in [6.07, 6.45) is 9.14. The van der Waals surface area contributed by atoms with Gasteiger partial charge in [0, 0.05) is 36.2 Å². The summed E-state index contributed by atoms with van der Waals surface area (Å²) in [6.45, 7) is 5.67. The molecule has 1 saturated carbocycles. The van der Waals surface area contributed by atoms with Gasteiger partial charge in [-0.05, 0) is 68.6 Å². The van der Waals surface area contributed by atoms with Gasteiger partial charge in [-0.3, -0.25) is 4.79 Å². The third-order valence-electron chi connectivity index (χ3n) is 6.66. The maximum Gasteiger partial charge on any atom is 0.224 e. The van der Waals surface area contributed by atoms with E-state index in [1.807, 2.05) is 32.2 Å². The Kier molecular flexibility index (Phi) is 7.71. The minimum atomic E-state index is 0.0813. The van der Waals surface area contributed by atoms with Crippen molar-refractivity contribution >= 4 is 16.8 Å². The zero-order valence-electron chi connectivity index (χ0n) is 20.2. The Morgan fingerprint density at radius 3 is 2.55 bits per heavy atom. The number of nitrogens with one attached hydrogen (secondary N) is 2. The minimum absolute atomic E-state index is 0.0813. The van der Waals surface area contributed by atoms with Crippen LogP contribution in [0.15, 0.2) is 48.7 Å². The number of carbonyl (C=O) groups excluding carboxylic acids is 1. The number of fused-ring (bicyclic) bond motifs is 1. The first-order valence-corrected chi connectivity index (χ1v) is 12.3. The molecule has 2 aromatic carbocycles. The van der Waals surface area contributed by atoms with E-state index < -0.39 is 0 Å². The molecule has 4 rings (SSSR count). The van der Waals surface area contributed by atoms with Crippen LogP contribution in [0.2, 0.25) is 0 Å². The number of carbonyl (C=O) groups is 1. The number of rotatable bonds is 9. The SMILES string of the molecule is CC(C)Oc1ccc(-c2ccc3c(CC(=O)NCCN(C)C4CCCCC4)c[nH]c3c2)cc1. The summed E-state index contributed by atoms with van der Waals surface area (Å²) in [7, 11) is 2.18. The van der Waals surface area contributed by atoms with Crippen LogP contribution in [0.5, 0.6) is 5.75 Å². The minimum Gasteiger partial charge on any atom is -0.491 e. The van der Waals surface area contributed by atoms with Gasteiger partial charge in [0.2, 0.25) is 5.91 Å². The molecule has 0 spiro atoms. The monoisotopic (exact) mass is 447 g/mol. The van der Waals surface area contributed by atoms with Gasteiger partial charge in [-0.1, -0.05) is 43.5 Å². The van der Waals surface area contributed by atoms with Gasteiger partial charge in [0.15, 0.2) is 0 Å². The predicted molar refractivity (Wildman–Crippen MR) is 136 cm³/mol. The molecule has 3 aromatic rings. The molecule has 0 atom stereocenters. The summed E-state index contributed by atoms with van der Waals surface area (Å²) >= 11 is 0. The maximum absolute atomic E-state index is 12.6. The van der Waals surface area contributed by atoms with Crippen molar-refractivity contribution in [2.75, 3.05) is 20.1 Å². The van der Waals surface area contributed by atoms with E-state index in [-0.39, 0.29) is 12.0 Å². The molecular weight excluding hydrogens is 410 g/mol. The van der Waals surface area contributed by atoms with Gasteiger partial charge in [0.25, 0.3) is 0 Å². The van der Waals surface area contributed by atoms with Crippen LogP contribution in [0.1, 0.15) is 51.5 Å². The summed E-state index contributed by atoms with van der Waals surface area (Å²) in [5.41, 5.74) is 4.37. The Balaban J connectivity index is 1.33. The highest BCUT2D eigenvalue weighted by molar-refractivity contribution is 5.91. The maximum atomic E-state index is 12.6. The molecule has 5 nitrogen and oxygen atoms in total. The van der Waals surface area contributed by atoms with Gasteiger partial charge in [-0.15, -0.1) is 0 Å². The molecule has 1 amide bonds. The zero-order valence-corrected chi connectivity index (χ0v) is 20.2. The molecule has 5 heteroatoms. The smallest absolute Gasteiger partial charge is 0.224 e. The second-order valence-corrected chi connectivity index (χ2v) is 9.56. The quantitative estimate of drug-likeness (QED) is 0.452. The molecule has 33 heavy (non-hydrogen) atoms. The second kappa shape index (κ2) is 10.9. The van der Waals surface area contributed by atoms with E-state index in [0.29, 0.717) is 19.0 Å². The van der Waals surface area contributed by atoms with Gasteiger partial charge >= 0.3 is 0 Å². The lowest BCUT2D eigenvalue weighted by molar-refractivity contribution is -0.120. The number of aromatic nitrogens is 1. The van der Waals surface area contributed by atoms with Crippen LogP contribution >= 0.6 is 0 Å². The van der Waals surface area contributed by atoms with E-state index in [9.17, 15) is 4.79 Å². The van der Waals surface area contributed by atoms with E-state index in [2.05, 4.69) is 52.6 Å². The molecule has 0 unspecified atom stereocenters. The fraction of sp³-hybridized carbons (Fsp3) is 0.464. The molecule has 1 heterocycles. The van der Waals surface area contributed by atoms with Crippen molar-refractivity contribution in [2.24, 2.45) is 0 Å². The second-order valence-electron chi connectivity index (χ2n) is 9.56. The molecule has 0 bridgehead atoms. The third-order valence-corrected chi connectivity index (χ3v) is 6.66. The average Bonchev–Trinajstić information content (AvgIpc) is 3.21. The fourth-order valence-electron chi connectivity index (χ4n) is 4.82. The van der Waals surface area contributed by atoms with E-state index in [0.717, 1.165) is 39.9 Å². The van der Waals surface area contributed by atoms with Gasteiger partial charge in [0.1, 0.15) is 5.75 Å². The van der Waals surface area contributed by atoms with Gasteiger partial charge in [-0.2, -0.15) is 0 Å². The number of H-pyrrole nitrogens is 1. The highest BCUT2D eigenvalue weighted by Crippen LogP contribution is 2.28. The van der Waals surface area contributed by atoms with E-state index in [4.69, 9.17) is 4.74 Å². The molecule has 1 aliphatic carbocycles. The first-order valence-electron chi connectivity index (χ1n) is 12.3. The Morgan fingerprint density at radius 2 is 1.82 bits per heavy atom. The normalized spacial score (nSPS) is 14.8. The first-order chi connectivity index (χ1) is 16.0. The number of ether oxygens (including phenoxy) is 1. The summed E-state index contributed by atoms with van der Waals surface area (Å²) in [6, 6.07) is 15.2. The van der Waals surface area contributed by atoms with Crippen molar-refractivity contribution in [3.63, 3.8) is 0 Å². The fourth-order valence-corrected chi connectivity index (χ4v) is 4.82. The van der Waals surface area contributed by atoms with Crippen LogP contribution in [-0.4, -0.2) is 48.1 Å². The Morgan fingerprint density at radius 1 is 1.09 bits per heavy atom. The molecule has 0 aliphatic heterocycles. The van der Waals surface area contributed by atoms with Crippen LogP contribution in [0, 0.1) is 0 Å². The van der Waals surface area contributed by atoms with Gasteiger partial charge < -0.3 is 19.9 Å². The van der Waals surface area contributed by atoms with E-state index in [1.165, 1.54) is 32.1 Å². The third kappa shape index (κ3) is 6.17. The summed E-state index contributed by atoms with van der Waals surface area (Å²) in [4.78, 5) is 18.3. The van der Waals surface area contributed by atoms with Crippen molar-refractivity contribution in [1.29, 1.82) is 0 Å². The zero-order chi connectivity index (χ0) is 23.2. The standard InChI is InChI=1S/C28H37N3O2/c1-20(2)33-25-12-9-21(10-13-25)22-11-14-26-23(19-30-27(26)17-22)18-28(32)29-15-16-31(3)24-7-5-4-6-8-24/h9-14,17,19-20,24,30H,4-8,15-16,18H2,1-3H3,(H,29,32). The van der Waals surface area contributed by atoms with Crippen molar-refractivity contribution in [1.82, 2.24) is 15.2 Å². The number of aromatic amines is 1. The molecular formula is C28H37N3O2. The van der Waals surface area contributed by atoms with Crippen LogP contribution < -0.4 is 10.1 Å². The van der Waals surface area contributed by atoms with Gasteiger partial charge in [0.05, 0.1) is 12.5 Å². The van der Waals surface area contributed by atoms with Crippen molar-refractivity contribution in [2.45, 2.75) is 64.5 Å². The molecule has 1 fully saturated rings.